The number of rotatable bonds is 8. The van der Waals surface area contributed by atoms with Gasteiger partial charge in [-0.2, -0.15) is 0 Å². The minimum atomic E-state index is 0. The van der Waals surface area contributed by atoms with Crippen LogP contribution in [-0.4, -0.2) is 18.8 Å². The topological polar surface area (TPSA) is 43.8 Å². The second-order valence-electron chi connectivity index (χ2n) is 17.2. The Balaban J connectivity index is 0.00000462. The normalized spacial score (nSPS) is 12.1. The van der Waals surface area contributed by atoms with Gasteiger partial charge in [0.05, 0.1) is 17.0 Å². The Kier molecular flexibility index (Phi) is 10.2. The predicted octanol–water partition coefficient (Wildman–Crippen LogP) is 14.8. The number of ether oxygens (including phenoxy) is 1. The maximum absolute atomic E-state index is 6.72. The van der Waals surface area contributed by atoms with Crippen molar-refractivity contribution in [2.24, 2.45) is 0 Å². The SMILES string of the molecule is CC(C)c1cccc(C(C)C)c1-c1cccc2c1c1ccc(Oc3[c-]c4c(cc3)c3ccccc3n3c(-c5c(C(C)C)cccc5C(C)C)cnc43)[c-]c1c1nccn21.[Pt+2]. The van der Waals surface area contributed by atoms with Crippen molar-refractivity contribution in [1.29, 1.82) is 0 Å². The molecular weight excluding hydrogens is 916 g/mol. The average molecular weight is 964 g/mol. The second kappa shape index (κ2) is 15.4. The molecule has 0 N–H and O–H groups in total. The molecule has 10 aromatic rings. The molecule has 0 bridgehead atoms. The van der Waals surface area contributed by atoms with E-state index in [0.29, 0.717) is 35.2 Å². The Bertz CT molecular complexity index is 3210. The van der Waals surface area contributed by atoms with Gasteiger partial charge in [-0.1, -0.05) is 168 Å². The van der Waals surface area contributed by atoms with Crippen LogP contribution < -0.4 is 4.74 Å². The van der Waals surface area contributed by atoms with Crippen molar-refractivity contribution in [3.63, 3.8) is 0 Å². The number of nitrogens with zero attached hydrogens (tertiary/aromatic N) is 4. The van der Waals surface area contributed by atoms with Crippen LogP contribution >= 0.6 is 0 Å². The second-order valence-corrected chi connectivity index (χ2v) is 17.2. The molecule has 60 heavy (non-hydrogen) atoms. The van der Waals surface area contributed by atoms with Gasteiger partial charge >= 0.3 is 21.1 Å². The van der Waals surface area contributed by atoms with E-state index in [0.717, 1.165) is 55.0 Å². The number of hydrogen-bond donors (Lipinski definition) is 0. The summed E-state index contributed by atoms with van der Waals surface area (Å²) in [5, 5.41) is 6.34. The maximum Gasteiger partial charge on any atom is 2.00 e. The van der Waals surface area contributed by atoms with Crippen LogP contribution in [0.3, 0.4) is 0 Å². The van der Waals surface area contributed by atoms with E-state index in [2.05, 4.69) is 174 Å². The summed E-state index contributed by atoms with van der Waals surface area (Å²) in [5.74, 6) is 2.65. The first-order valence-electron chi connectivity index (χ1n) is 21.0. The van der Waals surface area contributed by atoms with E-state index in [4.69, 9.17) is 14.7 Å². The van der Waals surface area contributed by atoms with E-state index in [9.17, 15) is 0 Å². The molecule has 0 fully saturated rings. The van der Waals surface area contributed by atoms with Crippen molar-refractivity contribution in [3.8, 4) is 33.9 Å². The average Bonchev–Trinajstić information content (AvgIpc) is 3.92. The van der Waals surface area contributed by atoms with Crippen LogP contribution in [-0.2, 0) is 21.1 Å². The van der Waals surface area contributed by atoms with Gasteiger partial charge in [-0.3, -0.25) is 9.97 Å². The Morgan fingerprint density at radius 1 is 0.517 bits per heavy atom. The third kappa shape index (κ3) is 6.24. The molecule has 0 saturated carbocycles. The molecule has 10 rings (SSSR count). The standard InChI is InChI=1S/C54H48N4O.Pt/c1-31(2)37-15-11-16-38(32(3)4)50(37)44-19-13-21-48-52(44)43-25-23-36(29-46(43)53-55-26-27-57(48)53)59-35-22-24-41-42-14-9-10-20-47(42)58-49(30-56-54(58)45(41)28-35)51-39(33(5)6)17-12-18-40(51)34(7)8;/h9-27,30-34H,1-8H3;/q-2;+2. The molecule has 6 aromatic carbocycles. The summed E-state index contributed by atoms with van der Waals surface area (Å²) in [6.07, 6.45) is 5.97. The summed E-state index contributed by atoms with van der Waals surface area (Å²) < 4.78 is 11.2. The van der Waals surface area contributed by atoms with Crippen LogP contribution in [0.4, 0.5) is 0 Å². The maximum atomic E-state index is 6.72. The zero-order chi connectivity index (χ0) is 40.7. The van der Waals surface area contributed by atoms with E-state index in [1.54, 1.807) is 0 Å². The fourth-order valence-corrected chi connectivity index (χ4v) is 9.44. The first kappa shape index (κ1) is 39.7. The number of pyridine rings is 2. The monoisotopic (exact) mass is 963 g/mol. The first-order chi connectivity index (χ1) is 28.6. The van der Waals surface area contributed by atoms with Gasteiger partial charge in [0.2, 0.25) is 0 Å². The van der Waals surface area contributed by atoms with Gasteiger partial charge in [-0.25, -0.2) is 0 Å². The molecule has 0 aliphatic rings. The fourth-order valence-electron chi connectivity index (χ4n) is 9.44. The summed E-state index contributed by atoms with van der Waals surface area (Å²) in [7, 11) is 0. The molecule has 4 heterocycles. The number of aromatic nitrogens is 4. The van der Waals surface area contributed by atoms with Crippen LogP contribution in [0.1, 0.15) is 101 Å². The van der Waals surface area contributed by atoms with Crippen molar-refractivity contribution in [1.82, 2.24) is 18.8 Å². The quantitative estimate of drug-likeness (QED) is 0.113. The molecule has 0 aliphatic heterocycles. The number of para-hydroxylation sites is 1. The van der Waals surface area contributed by atoms with E-state index in [1.807, 2.05) is 24.5 Å². The van der Waals surface area contributed by atoms with Gasteiger partial charge in [0.15, 0.2) is 0 Å². The largest absolute Gasteiger partial charge is 2.00 e. The number of imidazole rings is 2. The Hall–Kier alpha value is -5.77. The van der Waals surface area contributed by atoms with E-state index < -0.39 is 0 Å². The van der Waals surface area contributed by atoms with E-state index >= 15 is 0 Å². The van der Waals surface area contributed by atoms with E-state index in [-0.39, 0.29) is 21.1 Å². The van der Waals surface area contributed by atoms with Crippen molar-refractivity contribution in [2.45, 2.75) is 79.1 Å². The van der Waals surface area contributed by atoms with Crippen LogP contribution in [0.5, 0.6) is 11.5 Å². The summed E-state index contributed by atoms with van der Waals surface area (Å²) in [6.45, 7) is 18.2. The van der Waals surface area contributed by atoms with Gasteiger partial charge in [0.1, 0.15) is 0 Å². The van der Waals surface area contributed by atoms with Gasteiger partial charge in [0.25, 0.3) is 0 Å². The van der Waals surface area contributed by atoms with Gasteiger partial charge < -0.3 is 13.5 Å². The van der Waals surface area contributed by atoms with Crippen LogP contribution in [0, 0.1) is 12.1 Å². The summed E-state index contributed by atoms with van der Waals surface area (Å²) >= 11 is 0. The fraction of sp³-hybridized carbons (Fsp3) is 0.222. The van der Waals surface area contributed by atoms with Crippen LogP contribution in [0.2, 0.25) is 0 Å². The van der Waals surface area contributed by atoms with Gasteiger partial charge in [-0.05, 0) is 80.0 Å². The van der Waals surface area contributed by atoms with E-state index in [1.165, 1.54) is 44.3 Å². The zero-order valence-corrected chi connectivity index (χ0v) is 37.6. The third-order valence-electron chi connectivity index (χ3n) is 12.2. The predicted molar refractivity (Wildman–Crippen MR) is 245 cm³/mol. The van der Waals surface area contributed by atoms with Crippen LogP contribution in [0.15, 0.2) is 122 Å². The van der Waals surface area contributed by atoms with Crippen molar-refractivity contribution in [2.75, 3.05) is 0 Å². The van der Waals surface area contributed by atoms with Crippen molar-refractivity contribution in [3.05, 3.63) is 156 Å². The summed E-state index contributed by atoms with van der Waals surface area (Å²) in [6, 6.07) is 44.5. The van der Waals surface area contributed by atoms with Gasteiger partial charge in [0, 0.05) is 46.7 Å². The molecule has 0 saturated heterocycles. The molecule has 300 valence electrons. The molecule has 5 nitrogen and oxygen atoms in total. The first-order valence-corrected chi connectivity index (χ1v) is 21.0. The van der Waals surface area contributed by atoms with Crippen molar-refractivity contribution >= 4 is 54.6 Å². The minimum absolute atomic E-state index is 0. The molecule has 0 unspecified atom stereocenters. The number of benzene rings is 6. The Labute approximate surface area is 366 Å². The molecule has 0 aliphatic carbocycles. The van der Waals surface area contributed by atoms with Crippen molar-refractivity contribution < 1.29 is 25.8 Å². The molecule has 6 heteroatoms. The molecule has 0 spiro atoms. The molecule has 0 amide bonds. The Morgan fingerprint density at radius 3 is 1.70 bits per heavy atom. The molecule has 0 radical (unpaired) electrons. The number of fused-ring (bicyclic) bond motifs is 12. The molecule has 0 atom stereocenters. The minimum Gasteiger partial charge on any atom is -0.497 e. The summed E-state index contributed by atoms with van der Waals surface area (Å²) in [4.78, 5) is 10.0. The molecule has 4 aromatic heterocycles. The van der Waals surface area contributed by atoms with Gasteiger partial charge in [-0.15, -0.1) is 12.1 Å². The van der Waals surface area contributed by atoms with Crippen LogP contribution in [0.25, 0.3) is 77.0 Å². The smallest absolute Gasteiger partial charge is 0.497 e. The molecular formula is C54H48N4OPt. The Morgan fingerprint density at radius 2 is 1.07 bits per heavy atom. The summed E-state index contributed by atoms with van der Waals surface area (Å²) in [5.41, 5.74) is 14.2. The third-order valence-corrected chi connectivity index (χ3v) is 12.2. The number of hydrogen-bond acceptors (Lipinski definition) is 3. The zero-order valence-electron chi connectivity index (χ0n) is 35.4.